The Balaban J connectivity index is 0.0000116. The molecule has 2 atom stereocenters. The Hall–Kier alpha value is -1.24. The molecule has 0 aliphatic carbocycles. The molecule has 35 heavy (non-hydrogen) atoms. The minimum Gasteiger partial charge on any atom is -1.00 e. The molecule has 202 valence electrons. The summed E-state index contributed by atoms with van der Waals surface area (Å²) in [7, 11) is 0. The van der Waals surface area contributed by atoms with E-state index in [1.807, 2.05) is 36.7 Å². The second-order valence-corrected chi connectivity index (χ2v) is 9.52. The van der Waals surface area contributed by atoms with Crippen LogP contribution < -0.4 is 26.9 Å². The van der Waals surface area contributed by atoms with E-state index in [0.29, 0.717) is 6.42 Å². The summed E-state index contributed by atoms with van der Waals surface area (Å²) in [6.07, 6.45) is 25.6. The zero-order chi connectivity index (χ0) is 24.7. The predicted octanol–water partition coefficient (Wildman–Crippen LogP) is 2.63. The fraction of sp³-hybridized carbons (Fsp3) is 0.724. The number of rotatable bonds is 22. The van der Waals surface area contributed by atoms with Crippen molar-refractivity contribution in [1.29, 1.82) is 0 Å². The van der Waals surface area contributed by atoms with E-state index in [4.69, 9.17) is 0 Å². The summed E-state index contributed by atoms with van der Waals surface area (Å²) >= 11 is 0. The number of unbranched alkanes of at least 4 members (excludes halogenated alkanes) is 13. The highest BCUT2D eigenvalue weighted by atomic mass is 79.9. The topological polar surface area (TPSA) is 73.4 Å². The summed E-state index contributed by atoms with van der Waals surface area (Å²) < 4.78 is 2.14. The maximum Gasteiger partial charge on any atom is 0.220 e. The summed E-state index contributed by atoms with van der Waals surface area (Å²) in [5.41, 5.74) is 0. The minimum absolute atomic E-state index is 0. The van der Waals surface area contributed by atoms with Gasteiger partial charge in [-0.3, -0.25) is 4.79 Å². The van der Waals surface area contributed by atoms with Gasteiger partial charge < -0.3 is 32.5 Å². The largest absolute Gasteiger partial charge is 1.00 e. The van der Waals surface area contributed by atoms with Gasteiger partial charge in [0.15, 0.2) is 12.4 Å². The number of hydrogen-bond donors (Lipinski definition) is 3. The van der Waals surface area contributed by atoms with Gasteiger partial charge in [0.1, 0.15) is 6.54 Å². The van der Waals surface area contributed by atoms with Crippen molar-refractivity contribution in [3.05, 3.63) is 42.7 Å². The molecular weight excluding hydrogens is 504 g/mol. The summed E-state index contributed by atoms with van der Waals surface area (Å²) in [5, 5.41) is 22.7. The van der Waals surface area contributed by atoms with Gasteiger partial charge in [-0.25, -0.2) is 4.57 Å². The Bertz CT molecular complexity index is 628. The maximum atomic E-state index is 12.2. The van der Waals surface area contributed by atoms with Crippen LogP contribution in [0.1, 0.15) is 110 Å². The van der Waals surface area contributed by atoms with Crippen molar-refractivity contribution in [2.45, 2.75) is 128 Å². The molecule has 1 aromatic rings. The number of pyridine rings is 1. The van der Waals surface area contributed by atoms with Crippen LogP contribution in [0.15, 0.2) is 42.7 Å². The van der Waals surface area contributed by atoms with E-state index in [2.05, 4.69) is 16.8 Å². The number of allylic oxidation sites excluding steroid dienone is 1. The average Bonchev–Trinajstić information content (AvgIpc) is 2.85. The van der Waals surface area contributed by atoms with Crippen LogP contribution in [0.2, 0.25) is 0 Å². The summed E-state index contributed by atoms with van der Waals surface area (Å²) in [4.78, 5) is 12.2. The van der Waals surface area contributed by atoms with Gasteiger partial charge in [0, 0.05) is 25.0 Å². The molecule has 1 aromatic heterocycles. The Kier molecular flexibility index (Phi) is 23.6. The number of hydrogen-bond acceptors (Lipinski definition) is 3. The molecule has 0 aliphatic heterocycles. The number of nitrogens with one attached hydrogen (secondary N) is 1. The number of halogens is 1. The molecule has 0 spiro atoms. The normalized spacial score (nSPS) is 12.9. The van der Waals surface area contributed by atoms with E-state index in [-0.39, 0.29) is 29.5 Å². The van der Waals surface area contributed by atoms with Gasteiger partial charge in [0.05, 0.1) is 18.8 Å². The summed E-state index contributed by atoms with van der Waals surface area (Å²) in [5.74, 6) is -0.107. The van der Waals surface area contributed by atoms with Crippen LogP contribution in [0.4, 0.5) is 0 Å². The molecule has 5 nitrogen and oxygen atoms in total. The monoisotopic (exact) mass is 554 g/mol. The third kappa shape index (κ3) is 19.6. The molecule has 1 rings (SSSR count). The van der Waals surface area contributed by atoms with Crippen molar-refractivity contribution in [2.75, 3.05) is 6.61 Å². The van der Waals surface area contributed by atoms with E-state index in [1.54, 1.807) is 6.08 Å². The number of aromatic nitrogens is 1. The molecule has 6 heteroatoms. The van der Waals surface area contributed by atoms with Crippen LogP contribution >= 0.6 is 0 Å². The molecule has 0 saturated carbocycles. The van der Waals surface area contributed by atoms with Crippen LogP contribution in [-0.2, 0) is 11.3 Å². The van der Waals surface area contributed by atoms with Gasteiger partial charge in [0.2, 0.25) is 5.91 Å². The highest BCUT2D eigenvalue weighted by Crippen LogP contribution is 2.12. The van der Waals surface area contributed by atoms with Crippen LogP contribution in [0, 0.1) is 0 Å². The van der Waals surface area contributed by atoms with Gasteiger partial charge in [-0.05, 0) is 25.7 Å². The third-order valence-electron chi connectivity index (χ3n) is 6.36. The van der Waals surface area contributed by atoms with Crippen LogP contribution in [0.25, 0.3) is 0 Å². The minimum atomic E-state index is -0.851. The first kappa shape index (κ1) is 33.8. The average molecular weight is 556 g/mol. The van der Waals surface area contributed by atoms with Crippen molar-refractivity contribution in [1.82, 2.24) is 5.32 Å². The Labute approximate surface area is 225 Å². The van der Waals surface area contributed by atoms with Crippen LogP contribution in [0.5, 0.6) is 0 Å². The van der Waals surface area contributed by atoms with Crippen LogP contribution in [0.3, 0.4) is 0 Å². The quantitative estimate of drug-likeness (QED) is 0.117. The molecule has 0 bridgehead atoms. The van der Waals surface area contributed by atoms with Crippen molar-refractivity contribution in [2.24, 2.45) is 0 Å². The van der Waals surface area contributed by atoms with Gasteiger partial charge in [-0.15, -0.1) is 0 Å². The lowest BCUT2D eigenvalue weighted by Crippen LogP contribution is -3.00. The molecule has 1 amide bonds. The number of aliphatic hydroxyl groups is 2. The van der Waals surface area contributed by atoms with Crippen molar-refractivity contribution in [3.8, 4) is 0 Å². The fourth-order valence-electron chi connectivity index (χ4n) is 4.15. The van der Waals surface area contributed by atoms with E-state index in [1.165, 1.54) is 64.2 Å². The second-order valence-electron chi connectivity index (χ2n) is 9.52. The molecular formula is C29H51BrN2O3. The number of nitrogens with zero attached hydrogens (tertiary/aromatic N) is 1. The Morgan fingerprint density at radius 3 is 2.03 bits per heavy atom. The van der Waals surface area contributed by atoms with Gasteiger partial charge in [0.25, 0.3) is 0 Å². The third-order valence-corrected chi connectivity index (χ3v) is 6.36. The first-order chi connectivity index (χ1) is 16.7. The molecule has 1 heterocycles. The SMILES string of the molecule is CCCCCCCCCCCCC/C=C/[C@@H](O)[C@H](CO)NC(=O)CCCCC[n+]1ccccc1.[Br-]. The smallest absolute Gasteiger partial charge is 0.220 e. The van der Waals surface area contributed by atoms with Crippen LogP contribution in [-0.4, -0.2) is 34.9 Å². The van der Waals surface area contributed by atoms with Crippen molar-refractivity contribution < 1.29 is 36.6 Å². The van der Waals surface area contributed by atoms with Gasteiger partial charge in [-0.2, -0.15) is 0 Å². The van der Waals surface area contributed by atoms with Gasteiger partial charge in [-0.1, -0.05) is 89.4 Å². The number of amides is 1. The first-order valence-electron chi connectivity index (χ1n) is 13.9. The maximum absolute atomic E-state index is 12.2. The zero-order valence-electron chi connectivity index (χ0n) is 22.1. The molecule has 0 radical (unpaired) electrons. The Morgan fingerprint density at radius 2 is 1.43 bits per heavy atom. The van der Waals surface area contributed by atoms with E-state index in [0.717, 1.165) is 38.6 Å². The molecule has 0 saturated heterocycles. The summed E-state index contributed by atoms with van der Waals surface area (Å²) in [6, 6.07) is 5.39. The van der Waals surface area contributed by atoms with E-state index < -0.39 is 12.1 Å². The highest BCUT2D eigenvalue weighted by molar-refractivity contribution is 5.76. The molecule has 0 aromatic carbocycles. The lowest BCUT2D eigenvalue weighted by Gasteiger charge is -2.19. The standard InChI is InChI=1S/C29H50N2O3.BrH/c1-2-3-4-5-6-7-8-9-10-11-12-13-16-21-28(33)27(26-32)30-29(34)22-17-14-18-23-31-24-19-15-20-25-31;/h15-16,19-21,24-25,27-28,32-33H,2-14,17-18,22-23,26H2,1H3;1H/b21-16+;/t27-,28+;/m0./s1. The molecule has 0 aliphatic rings. The van der Waals surface area contributed by atoms with E-state index >= 15 is 0 Å². The lowest BCUT2D eigenvalue weighted by atomic mass is 10.0. The predicted molar refractivity (Wildman–Crippen MR) is 140 cm³/mol. The molecule has 3 N–H and O–H groups in total. The molecule has 0 unspecified atom stereocenters. The molecule has 0 fully saturated rings. The van der Waals surface area contributed by atoms with Crippen molar-refractivity contribution >= 4 is 5.91 Å². The number of aryl methyl sites for hydroxylation is 1. The van der Waals surface area contributed by atoms with E-state index in [9.17, 15) is 15.0 Å². The lowest BCUT2D eigenvalue weighted by molar-refractivity contribution is -0.697. The van der Waals surface area contributed by atoms with Gasteiger partial charge >= 0.3 is 0 Å². The number of aliphatic hydroxyl groups excluding tert-OH is 2. The Morgan fingerprint density at radius 1 is 0.857 bits per heavy atom. The van der Waals surface area contributed by atoms with Crippen molar-refractivity contribution in [3.63, 3.8) is 0 Å². The number of carbonyl (C=O) groups excluding carboxylic acids is 1. The highest BCUT2D eigenvalue weighted by Gasteiger charge is 2.18. The number of carbonyl (C=O) groups is 1. The summed E-state index contributed by atoms with van der Waals surface area (Å²) in [6.45, 7) is 2.94. The zero-order valence-corrected chi connectivity index (χ0v) is 23.6. The first-order valence-corrected chi connectivity index (χ1v) is 13.9. The second kappa shape index (κ2) is 24.5. The fourth-order valence-corrected chi connectivity index (χ4v) is 4.15.